The van der Waals surface area contributed by atoms with E-state index in [4.69, 9.17) is 14.0 Å². The molecule has 1 fully saturated rings. The molecule has 0 aromatic rings. The van der Waals surface area contributed by atoms with E-state index in [2.05, 4.69) is 0 Å². The Kier molecular flexibility index (Phi) is 1.29. The molecule has 4 aliphatic heterocycles. The number of carbonyl (C=O) groups excluding carboxylic acids is 1. The Bertz CT molecular complexity index is 352. The van der Waals surface area contributed by atoms with Gasteiger partial charge in [0.25, 0.3) is 5.78 Å². The molecule has 13 heavy (non-hydrogen) atoms. The van der Waals surface area contributed by atoms with E-state index in [1.807, 2.05) is 0 Å². The Labute approximate surface area is 74.8 Å². The summed E-state index contributed by atoms with van der Waals surface area (Å²) in [6, 6.07) is 0. The maximum absolute atomic E-state index is 11.4. The summed E-state index contributed by atoms with van der Waals surface area (Å²) in [4.78, 5) is 11.4. The van der Waals surface area contributed by atoms with Crippen LogP contribution in [0.2, 0.25) is 0 Å². The fourth-order valence-electron chi connectivity index (χ4n) is 1.41. The van der Waals surface area contributed by atoms with Gasteiger partial charge in [-0.05, 0) is 11.9 Å². The molecule has 0 radical (unpaired) electrons. The third-order valence-electron chi connectivity index (χ3n) is 2.04. The fraction of sp³-hybridized carbons (Fsp3) is 0.286. The molecule has 4 rings (SSSR count). The number of carbonyl (C=O) groups is 1. The Morgan fingerprint density at radius 1 is 1.54 bits per heavy atom. The molecule has 4 aliphatic rings. The molecule has 1 atom stereocenters. The first-order valence-electron chi connectivity index (χ1n) is 3.66. The van der Waals surface area contributed by atoms with Gasteiger partial charge in [-0.15, -0.1) is 0 Å². The molecule has 1 N–H and O–H groups in total. The van der Waals surface area contributed by atoms with E-state index in [-0.39, 0.29) is 25.9 Å². The van der Waals surface area contributed by atoms with Crippen LogP contribution in [0.5, 0.6) is 0 Å². The monoisotopic (exact) mass is 200 g/mol. The molecule has 0 aromatic carbocycles. The normalized spacial score (nSPS) is 42.8. The highest BCUT2D eigenvalue weighted by Gasteiger charge is 2.59. The van der Waals surface area contributed by atoms with Crippen molar-refractivity contribution in [1.82, 2.24) is 0 Å². The second-order valence-corrected chi connectivity index (χ2v) is 3.58. The zero-order valence-corrected chi connectivity index (χ0v) is 7.31. The highest BCUT2D eigenvalue weighted by molar-refractivity contribution is 7.36. The zero-order chi connectivity index (χ0) is 9.05. The zero-order valence-electron chi connectivity index (χ0n) is 6.31. The lowest BCUT2D eigenvalue weighted by molar-refractivity contribution is -0.500. The molecule has 6 heteroatoms. The predicted octanol–water partition coefficient (Wildman–Crippen LogP) is -0.0204. The summed E-state index contributed by atoms with van der Waals surface area (Å²) in [5.74, 6) is -0.237. The number of rotatable bonds is 0. The molecule has 5 nitrogen and oxygen atoms in total. The van der Waals surface area contributed by atoms with Crippen LogP contribution >= 0.6 is 8.81 Å². The van der Waals surface area contributed by atoms with Gasteiger partial charge in [0.2, 0.25) is 6.29 Å². The molecule has 2 bridgehead atoms. The van der Waals surface area contributed by atoms with Crippen LogP contribution in [0.1, 0.15) is 0 Å². The first kappa shape index (κ1) is 7.64. The van der Waals surface area contributed by atoms with Gasteiger partial charge in [0, 0.05) is 0 Å². The second kappa shape index (κ2) is 2.19. The topological polar surface area (TPSA) is 65.0 Å². The van der Waals surface area contributed by atoms with E-state index < -0.39 is 12.3 Å². The van der Waals surface area contributed by atoms with E-state index >= 15 is 0 Å². The van der Waals surface area contributed by atoms with Gasteiger partial charge in [0.05, 0.1) is 14.4 Å². The molecule has 68 valence electrons. The molecular weight excluding hydrogens is 195 g/mol. The first-order chi connectivity index (χ1) is 6.21. The molecule has 0 aromatic heterocycles. The summed E-state index contributed by atoms with van der Waals surface area (Å²) < 4.78 is 14.8. The van der Waals surface area contributed by atoms with Crippen molar-refractivity contribution in [1.29, 1.82) is 0 Å². The van der Waals surface area contributed by atoms with Crippen molar-refractivity contribution in [3.63, 3.8) is 0 Å². The lowest BCUT2D eigenvalue weighted by atomic mass is 10.0. The van der Waals surface area contributed by atoms with Crippen LogP contribution in [0.4, 0.5) is 0 Å². The average Bonchev–Trinajstić information content (AvgIpc) is 2.10. The number of hydrogen-bond acceptors (Lipinski definition) is 5. The van der Waals surface area contributed by atoms with Gasteiger partial charge in [-0.3, -0.25) is 14.3 Å². The van der Waals surface area contributed by atoms with Crippen LogP contribution in [-0.4, -0.2) is 23.2 Å². The van der Waals surface area contributed by atoms with Crippen molar-refractivity contribution < 1.29 is 23.9 Å². The van der Waals surface area contributed by atoms with Gasteiger partial charge < -0.3 is 9.63 Å². The summed E-state index contributed by atoms with van der Waals surface area (Å²) in [7, 11) is 0.113. The molecular formula is C7H5O5P. The lowest BCUT2D eigenvalue weighted by Gasteiger charge is -2.47. The van der Waals surface area contributed by atoms with Gasteiger partial charge in [-0.1, -0.05) is 0 Å². The van der Waals surface area contributed by atoms with Crippen molar-refractivity contribution >= 4 is 14.6 Å². The van der Waals surface area contributed by atoms with E-state index in [9.17, 15) is 9.90 Å². The summed E-state index contributed by atoms with van der Waals surface area (Å²) in [6.45, 7) is 0. The number of ether oxygens (including phenoxy) is 2. The number of ketones is 1. The smallest absolute Gasteiger partial charge is 0.318 e. The third kappa shape index (κ3) is 0.823. The van der Waals surface area contributed by atoms with Gasteiger partial charge in [0.15, 0.2) is 5.76 Å². The molecule has 0 saturated carbocycles. The van der Waals surface area contributed by atoms with Crippen molar-refractivity contribution in [2.24, 2.45) is 0 Å². The van der Waals surface area contributed by atoms with E-state index in [0.717, 1.165) is 0 Å². The van der Waals surface area contributed by atoms with E-state index in [1.54, 1.807) is 11.9 Å². The second-order valence-electron chi connectivity index (χ2n) is 2.81. The molecule has 0 amide bonds. The van der Waals surface area contributed by atoms with Crippen molar-refractivity contribution in [2.75, 3.05) is 0 Å². The Morgan fingerprint density at radius 3 is 3.00 bits per heavy atom. The first-order valence-corrected chi connectivity index (χ1v) is 4.65. The summed E-state index contributed by atoms with van der Waals surface area (Å²) in [5, 5.41) is 9.57. The van der Waals surface area contributed by atoms with Gasteiger partial charge in [0.1, 0.15) is 0 Å². The lowest BCUT2D eigenvalue weighted by Crippen LogP contribution is -2.62. The highest BCUT2D eigenvalue weighted by atomic mass is 31.1. The van der Waals surface area contributed by atoms with Crippen LogP contribution in [0.25, 0.3) is 0 Å². The van der Waals surface area contributed by atoms with Gasteiger partial charge in [-0.25, -0.2) is 0 Å². The van der Waals surface area contributed by atoms with Crippen LogP contribution in [-0.2, 0) is 18.8 Å². The summed E-state index contributed by atoms with van der Waals surface area (Å²) in [6.07, 6.45) is 0.602. The van der Waals surface area contributed by atoms with Crippen molar-refractivity contribution in [3.05, 3.63) is 23.2 Å². The largest absolute Gasteiger partial charge is 0.468 e. The molecule has 0 spiro atoms. The molecule has 0 aliphatic carbocycles. The van der Waals surface area contributed by atoms with Gasteiger partial charge in [-0.2, -0.15) is 0 Å². The van der Waals surface area contributed by atoms with Crippen LogP contribution in [0, 0.1) is 0 Å². The number of aliphatic hydroxyl groups is 1. The minimum atomic E-state index is -1.75. The average molecular weight is 200 g/mol. The fourth-order valence-corrected chi connectivity index (χ4v) is 2.04. The maximum atomic E-state index is 11.4. The Hall–Kier alpha value is -0.740. The van der Waals surface area contributed by atoms with Crippen molar-refractivity contribution in [2.45, 2.75) is 12.3 Å². The number of Topliss-reactive ketones (excluding diaryl/α,β-unsaturated/α-hetero) is 1. The third-order valence-corrected chi connectivity index (χ3v) is 2.66. The standard InChI is InChI=1S/C7H5O5P/c8-4-5-3(1-2-13-12-5)7(9)10-6(4)11-7/h1-2,6,9,13H. The van der Waals surface area contributed by atoms with Gasteiger partial charge >= 0.3 is 5.97 Å². The van der Waals surface area contributed by atoms with E-state index in [0.29, 0.717) is 0 Å². The number of hydrogen-bond donors (Lipinski definition) is 1. The minimum Gasteiger partial charge on any atom is -0.468 e. The quantitative estimate of drug-likeness (QED) is 0.556. The maximum Gasteiger partial charge on any atom is 0.318 e. The Morgan fingerprint density at radius 2 is 2.31 bits per heavy atom. The van der Waals surface area contributed by atoms with E-state index in [1.165, 1.54) is 0 Å². The van der Waals surface area contributed by atoms with Crippen LogP contribution in [0.3, 0.4) is 0 Å². The summed E-state index contributed by atoms with van der Waals surface area (Å²) >= 11 is 0. The predicted molar refractivity (Wildman–Crippen MR) is 41.5 cm³/mol. The van der Waals surface area contributed by atoms with Crippen molar-refractivity contribution in [3.8, 4) is 0 Å². The molecule has 1 unspecified atom stereocenters. The SMILES string of the molecule is O=C1C2=C(C=CPO2)C2(O)OC1O2. The Balaban J connectivity index is 2.16. The molecule has 4 heterocycles. The summed E-state index contributed by atoms with van der Waals surface area (Å²) in [5.41, 5.74) is 0.263. The van der Waals surface area contributed by atoms with Crippen LogP contribution in [0.15, 0.2) is 23.2 Å². The minimum absolute atomic E-state index is 0.113. The highest BCUT2D eigenvalue weighted by Crippen LogP contribution is 2.46. The van der Waals surface area contributed by atoms with Crippen LogP contribution < -0.4 is 0 Å². The molecule has 1 saturated heterocycles.